The lowest BCUT2D eigenvalue weighted by molar-refractivity contribution is -0.137. The van der Waals surface area contributed by atoms with E-state index in [2.05, 4.69) is 31.2 Å². The zero-order valence-corrected chi connectivity index (χ0v) is 15.7. The van der Waals surface area contributed by atoms with Crippen LogP contribution in [-0.2, 0) is 22.2 Å². The molecule has 0 aliphatic heterocycles. The summed E-state index contributed by atoms with van der Waals surface area (Å²) in [7, 11) is -4.61. The van der Waals surface area contributed by atoms with Crippen molar-refractivity contribution < 1.29 is 24.3 Å². The van der Waals surface area contributed by atoms with Gasteiger partial charge in [0.2, 0.25) is 0 Å². The molecule has 1 unspecified atom stereocenters. The van der Waals surface area contributed by atoms with Crippen LogP contribution in [0, 0.1) is 0 Å². The Morgan fingerprint density at radius 1 is 0.923 bits per heavy atom. The number of rotatable bonds is 9. The van der Waals surface area contributed by atoms with Crippen molar-refractivity contribution in [3.63, 3.8) is 0 Å². The van der Waals surface area contributed by atoms with E-state index in [9.17, 15) is 9.36 Å². The van der Waals surface area contributed by atoms with Crippen molar-refractivity contribution in [1.82, 2.24) is 0 Å². The average molecular weight is 376 g/mol. The van der Waals surface area contributed by atoms with Crippen LogP contribution in [0.4, 0.5) is 0 Å². The average Bonchev–Trinajstić information content (AvgIpc) is 2.59. The minimum atomic E-state index is -4.61. The molecule has 2 aromatic rings. The van der Waals surface area contributed by atoms with Gasteiger partial charge in [0.15, 0.2) is 5.66 Å². The van der Waals surface area contributed by atoms with E-state index in [1.54, 1.807) is 0 Å². The number of carbonyl (C=O) groups is 1. The van der Waals surface area contributed by atoms with Gasteiger partial charge in [-0.25, -0.2) is 0 Å². The molecule has 0 aliphatic rings. The topological polar surface area (TPSA) is 94.8 Å². The van der Waals surface area contributed by atoms with Crippen LogP contribution in [0.5, 0.6) is 0 Å². The van der Waals surface area contributed by atoms with Crippen molar-refractivity contribution in [2.45, 2.75) is 44.7 Å². The first-order valence-corrected chi connectivity index (χ1v) is 10.5. The van der Waals surface area contributed by atoms with Gasteiger partial charge in [0.1, 0.15) is 0 Å². The molecule has 2 rings (SSSR count). The van der Waals surface area contributed by atoms with E-state index < -0.39 is 19.2 Å². The molecule has 2 aromatic carbocycles. The minimum Gasteiger partial charge on any atom is -0.481 e. The van der Waals surface area contributed by atoms with Crippen LogP contribution < -0.4 is 0 Å². The third-order valence-corrected chi connectivity index (χ3v) is 5.71. The zero-order valence-electron chi connectivity index (χ0n) is 14.8. The van der Waals surface area contributed by atoms with Gasteiger partial charge in [-0.15, -0.1) is 0 Å². The van der Waals surface area contributed by atoms with Gasteiger partial charge in [0.25, 0.3) is 0 Å². The Hall–Kier alpha value is -1.94. The monoisotopic (exact) mass is 376 g/mol. The van der Waals surface area contributed by atoms with Crippen LogP contribution in [0.25, 0.3) is 11.1 Å². The Morgan fingerprint density at radius 3 is 1.77 bits per heavy atom. The Morgan fingerprint density at radius 2 is 1.38 bits per heavy atom. The summed E-state index contributed by atoms with van der Waals surface area (Å²) in [5, 5.41) is 8.93. The van der Waals surface area contributed by atoms with Crippen molar-refractivity contribution in [1.29, 1.82) is 0 Å². The molecule has 0 heterocycles. The van der Waals surface area contributed by atoms with E-state index in [-0.39, 0.29) is 6.42 Å². The van der Waals surface area contributed by atoms with Gasteiger partial charge in [0, 0.05) is 0 Å². The molecule has 0 saturated carbocycles. The highest BCUT2D eigenvalue weighted by Gasteiger charge is 2.34. The summed E-state index contributed by atoms with van der Waals surface area (Å²) >= 11 is 0. The second kappa shape index (κ2) is 9.13. The summed E-state index contributed by atoms with van der Waals surface area (Å²) in [6, 6.07) is 16.5. The third-order valence-electron chi connectivity index (χ3n) is 4.41. The van der Waals surface area contributed by atoms with E-state index >= 15 is 0 Å². The van der Waals surface area contributed by atoms with E-state index in [1.807, 2.05) is 24.3 Å². The van der Waals surface area contributed by atoms with Crippen LogP contribution in [0.1, 0.15) is 37.3 Å². The Kier molecular flexibility index (Phi) is 7.15. The fourth-order valence-electron chi connectivity index (χ4n) is 2.95. The standard InChI is InChI=1S/C20H25O5P/c1-2-4-15-7-11-17(12-8-15)18-13-9-16(10-14-18)5-3-6-19(20(21)22)26(23,24)25/h7-14,19H,2-6H2,1H3,(H,21,22)(H2,23,24,25). The fourth-order valence-corrected chi connectivity index (χ4v) is 3.76. The zero-order chi connectivity index (χ0) is 19.2. The van der Waals surface area contributed by atoms with Gasteiger partial charge < -0.3 is 14.9 Å². The number of hydrogen-bond donors (Lipinski definition) is 3. The van der Waals surface area contributed by atoms with Crippen molar-refractivity contribution in [3.05, 3.63) is 59.7 Å². The van der Waals surface area contributed by atoms with E-state index in [0.29, 0.717) is 12.8 Å². The predicted molar refractivity (Wildman–Crippen MR) is 102 cm³/mol. The van der Waals surface area contributed by atoms with Crippen molar-refractivity contribution in [3.8, 4) is 11.1 Å². The van der Waals surface area contributed by atoms with Crippen LogP contribution in [0.2, 0.25) is 0 Å². The van der Waals surface area contributed by atoms with Gasteiger partial charge in [-0.05, 0) is 47.9 Å². The van der Waals surface area contributed by atoms with E-state index in [4.69, 9.17) is 14.9 Å². The molecule has 3 N–H and O–H groups in total. The molecule has 1 atom stereocenters. The minimum absolute atomic E-state index is 0.0414. The largest absolute Gasteiger partial charge is 0.481 e. The van der Waals surface area contributed by atoms with Gasteiger partial charge >= 0.3 is 13.6 Å². The number of aliphatic carboxylic acids is 1. The van der Waals surface area contributed by atoms with Crippen LogP contribution >= 0.6 is 7.60 Å². The maximum absolute atomic E-state index is 11.2. The highest BCUT2D eigenvalue weighted by molar-refractivity contribution is 7.53. The van der Waals surface area contributed by atoms with Gasteiger partial charge in [-0.2, -0.15) is 0 Å². The van der Waals surface area contributed by atoms with Crippen molar-refractivity contribution >= 4 is 13.6 Å². The highest BCUT2D eigenvalue weighted by atomic mass is 31.2. The first kappa shape index (κ1) is 20.4. The van der Waals surface area contributed by atoms with Crippen molar-refractivity contribution in [2.24, 2.45) is 0 Å². The molecule has 0 aliphatic carbocycles. The lowest BCUT2D eigenvalue weighted by atomic mass is 9.99. The Bertz CT molecular complexity index is 762. The maximum atomic E-state index is 11.2. The molecule has 6 heteroatoms. The van der Waals surface area contributed by atoms with Gasteiger partial charge in [-0.3, -0.25) is 9.36 Å². The molecule has 0 bridgehead atoms. The van der Waals surface area contributed by atoms with Gasteiger partial charge in [0.05, 0.1) is 0 Å². The van der Waals surface area contributed by atoms with E-state index in [0.717, 1.165) is 29.5 Å². The molecule has 140 valence electrons. The molecule has 0 aromatic heterocycles. The lowest BCUT2D eigenvalue weighted by Gasteiger charge is -2.13. The molecule has 5 nitrogen and oxygen atoms in total. The normalized spacial score (nSPS) is 12.7. The molecule has 0 saturated heterocycles. The second-order valence-electron chi connectivity index (χ2n) is 6.48. The van der Waals surface area contributed by atoms with Crippen LogP contribution in [0.3, 0.4) is 0 Å². The summed E-state index contributed by atoms with van der Waals surface area (Å²) in [4.78, 5) is 29.1. The number of benzene rings is 2. The first-order chi connectivity index (χ1) is 12.3. The predicted octanol–water partition coefficient (Wildman–Crippen LogP) is 4.26. The lowest BCUT2D eigenvalue weighted by Crippen LogP contribution is -2.20. The molecular weight excluding hydrogens is 351 g/mol. The molecule has 26 heavy (non-hydrogen) atoms. The smallest absolute Gasteiger partial charge is 0.339 e. The first-order valence-electron chi connectivity index (χ1n) is 8.77. The molecule has 0 radical (unpaired) electrons. The van der Waals surface area contributed by atoms with Crippen LogP contribution in [-0.4, -0.2) is 26.5 Å². The maximum Gasteiger partial charge on any atom is 0.339 e. The Labute approximate surface area is 153 Å². The van der Waals surface area contributed by atoms with Crippen LogP contribution in [0.15, 0.2) is 48.5 Å². The molecular formula is C20H25O5P. The number of aryl methyl sites for hydroxylation is 2. The molecule has 0 spiro atoms. The summed E-state index contributed by atoms with van der Waals surface area (Å²) < 4.78 is 11.2. The summed E-state index contributed by atoms with van der Waals surface area (Å²) in [6.07, 6.45) is 3.15. The Balaban J connectivity index is 1.95. The highest BCUT2D eigenvalue weighted by Crippen LogP contribution is 2.43. The summed E-state index contributed by atoms with van der Waals surface area (Å²) in [5.74, 6) is -1.44. The third kappa shape index (κ3) is 5.80. The number of hydrogen-bond acceptors (Lipinski definition) is 2. The molecule has 0 amide bonds. The number of carboxylic acids is 1. The summed E-state index contributed by atoms with van der Waals surface area (Å²) in [6.45, 7) is 2.16. The fraction of sp³-hybridized carbons (Fsp3) is 0.350. The quantitative estimate of drug-likeness (QED) is 0.569. The molecule has 0 fully saturated rings. The second-order valence-corrected chi connectivity index (χ2v) is 8.28. The number of carboxylic acid groups (broad SMARTS) is 1. The van der Waals surface area contributed by atoms with Crippen molar-refractivity contribution in [2.75, 3.05) is 0 Å². The van der Waals surface area contributed by atoms with Gasteiger partial charge in [-0.1, -0.05) is 61.9 Å². The SMILES string of the molecule is CCCc1ccc(-c2ccc(CCCC(C(=O)O)P(=O)(O)O)cc2)cc1. The summed E-state index contributed by atoms with van der Waals surface area (Å²) in [5.41, 5.74) is 2.97. The van der Waals surface area contributed by atoms with E-state index in [1.165, 1.54) is 5.56 Å².